The molecule has 0 aliphatic rings. The van der Waals surface area contributed by atoms with E-state index >= 15 is 0 Å². The first-order valence-corrected chi connectivity index (χ1v) is 9.62. The first-order chi connectivity index (χ1) is 14.5. The zero-order chi connectivity index (χ0) is 21.1. The van der Waals surface area contributed by atoms with Gasteiger partial charge in [-0.05, 0) is 48.4 Å². The number of carbonyl (C=O) groups is 1. The first-order valence-electron chi connectivity index (χ1n) is 9.62. The summed E-state index contributed by atoms with van der Waals surface area (Å²) in [6.45, 7) is 2.05. The average Bonchev–Trinajstić information content (AvgIpc) is 2.77. The van der Waals surface area contributed by atoms with Gasteiger partial charge in [0.15, 0.2) is 0 Å². The van der Waals surface area contributed by atoms with Crippen LogP contribution in [0.3, 0.4) is 0 Å². The van der Waals surface area contributed by atoms with Crippen molar-refractivity contribution in [3.63, 3.8) is 0 Å². The fourth-order valence-corrected chi connectivity index (χ4v) is 3.39. The third-order valence-corrected chi connectivity index (χ3v) is 4.99. The molecular weight excluding hydrogens is 381 g/mol. The van der Waals surface area contributed by atoms with Gasteiger partial charge in [-0.15, -0.1) is 0 Å². The van der Waals surface area contributed by atoms with Crippen LogP contribution < -0.4 is 10.9 Å². The van der Waals surface area contributed by atoms with Crippen LogP contribution in [0.4, 0.5) is 4.39 Å². The van der Waals surface area contributed by atoms with Crippen LogP contribution in [0.5, 0.6) is 0 Å². The number of aromatic nitrogens is 2. The van der Waals surface area contributed by atoms with Crippen molar-refractivity contribution >= 4 is 16.9 Å². The van der Waals surface area contributed by atoms with Gasteiger partial charge in [-0.25, -0.2) is 9.37 Å². The van der Waals surface area contributed by atoms with Crippen LogP contribution in [-0.2, 0) is 6.54 Å². The molecule has 5 nitrogen and oxygen atoms in total. The van der Waals surface area contributed by atoms with Crippen molar-refractivity contribution in [3.05, 3.63) is 112 Å². The number of hydrogen-bond acceptors (Lipinski definition) is 3. The number of nitrogens with zero attached hydrogens (tertiary/aromatic N) is 2. The van der Waals surface area contributed by atoms with E-state index in [0.717, 1.165) is 11.1 Å². The summed E-state index contributed by atoms with van der Waals surface area (Å²) in [6, 6.07) is 20.3. The van der Waals surface area contributed by atoms with E-state index < -0.39 is 11.5 Å². The van der Waals surface area contributed by atoms with Crippen LogP contribution in [-0.4, -0.2) is 15.5 Å². The molecule has 1 amide bonds. The number of halogens is 1. The summed E-state index contributed by atoms with van der Waals surface area (Å²) in [5.41, 5.74) is 1.75. The van der Waals surface area contributed by atoms with Gasteiger partial charge in [0.25, 0.3) is 11.5 Å². The normalized spacial score (nSPS) is 11.9. The summed E-state index contributed by atoms with van der Waals surface area (Å²) in [4.78, 5) is 30.5. The van der Waals surface area contributed by atoms with E-state index in [1.807, 2.05) is 37.3 Å². The predicted octanol–water partition coefficient (Wildman–Crippen LogP) is 4.07. The maximum Gasteiger partial charge on any atom is 0.265 e. The number of benzene rings is 2. The van der Waals surface area contributed by atoms with E-state index in [4.69, 9.17) is 0 Å². The fraction of sp³-hybridized carbons (Fsp3) is 0.125. The molecule has 0 radical (unpaired) electrons. The molecule has 6 heteroatoms. The van der Waals surface area contributed by atoms with Crippen molar-refractivity contribution in [2.24, 2.45) is 0 Å². The standard InChI is InChI=1S/C24H20FN3O2/c1-16(18-6-3-2-4-7-18)27-23(29)21-14-19-8-5-13-26-22(19)28(24(21)30)15-17-9-11-20(25)12-10-17/h2-14,16H,15H2,1H3,(H,27,29). The van der Waals surface area contributed by atoms with Crippen LogP contribution in [0.25, 0.3) is 11.0 Å². The Bertz CT molecular complexity index is 1250. The average molecular weight is 401 g/mol. The topological polar surface area (TPSA) is 64.0 Å². The van der Waals surface area contributed by atoms with Crippen LogP contribution in [0.1, 0.15) is 34.5 Å². The Morgan fingerprint density at radius 1 is 1.07 bits per heavy atom. The van der Waals surface area contributed by atoms with Gasteiger partial charge in [0.05, 0.1) is 12.6 Å². The van der Waals surface area contributed by atoms with Crippen molar-refractivity contribution in [2.45, 2.75) is 19.5 Å². The maximum absolute atomic E-state index is 13.3. The Labute approximate surface area is 172 Å². The highest BCUT2D eigenvalue weighted by Gasteiger charge is 2.18. The Kier molecular flexibility index (Phi) is 5.39. The Morgan fingerprint density at radius 3 is 2.53 bits per heavy atom. The molecule has 0 aliphatic carbocycles. The van der Waals surface area contributed by atoms with Crippen molar-refractivity contribution in [1.82, 2.24) is 14.9 Å². The minimum Gasteiger partial charge on any atom is -0.345 e. The summed E-state index contributed by atoms with van der Waals surface area (Å²) in [5.74, 6) is -0.799. The lowest BCUT2D eigenvalue weighted by Gasteiger charge is -2.16. The Morgan fingerprint density at radius 2 is 1.80 bits per heavy atom. The number of fused-ring (bicyclic) bond motifs is 1. The third-order valence-electron chi connectivity index (χ3n) is 4.99. The van der Waals surface area contributed by atoms with E-state index in [0.29, 0.717) is 11.0 Å². The zero-order valence-electron chi connectivity index (χ0n) is 16.4. The number of rotatable bonds is 5. The summed E-state index contributed by atoms with van der Waals surface area (Å²) >= 11 is 0. The number of nitrogens with one attached hydrogen (secondary N) is 1. The van der Waals surface area contributed by atoms with Gasteiger partial charge in [0.1, 0.15) is 17.0 Å². The largest absolute Gasteiger partial charge is 0.345 e. The lowest BCUT2D eigenvalue weighted by Crippen LogP contribution is -2.35. The van der Waals surface area contributed by atoms with E-state index in [1.165, 1.54) is 16.7 Å². The maximum atomic E-state index is 13.3. The van der Waals surface area contributed by atoms with E-state index in [1.54, 1.807) is 36.5 Å². The van der Waals surface area contributed by atoms with Crippen LogP contribution in [0.2, 0.25) is 0 Å². The number of hydrogen-bond donors (Lipinski definition) is 1. The second kappa shape index (κ2) is 8.29. The third kappa shape index (κ3) is 3.98. The number of amides is 1. The van der Waals surface area contributed by atoms with Gasteiger partial charge < -0.3 is 5.32 Å². The molecule has 1 atom stereocenters. The molecule has 30 heavy (non-hydrogen) atoms. The van der Waals surface area contributed by atoms with Gasteiger partial charge in [-0.2, -0.15) is 0 Å². The molecule has 0 spiro atoms. The van der Waals surface area contributed by atoms with Crippen molar-refractivity contribution in [2.75, 3.05) is 0 Å². The Balaban J connectivity index is 1.73. The SMILES string of the molecule is CC(NC(=O)c1cc2cccnc2n(Cc2ccc(F)cc2)c1=O)c1ccccc1. The lowest BCUT2D eigenvalue weighted by molar-refractivity contribution is 0.0938. The highest BCUT2D eigenvalue weighted by molar-refractivity contribution is 5.97. The molecule has 0 aliphatic heterocycles. The minimum atomic E-state index is -0.449. The quantitative estimate of drug-likeness (QED) is 0.548. The van der Waals surface area contributed by atoms with E-state index in [2.05, 4.69) is 10.3 Å². The smallest absolute Gasteiger partial charge is 0.265 e. The van der Waals surface area contributed by atoms with Crippen molar-refractivity contribution in [3.8, 4) is 0 Å². The molecule has 0 saturated carbocycles. The summed E-state index contributed by atoms with van der Waals surface area (Å²) in [7, 11) is 0. The monoisotopic (exact) mass is 401 g/mol. The van der Waals surface area contributed by atoms with E-state index in [-0.39, 0.29) is 24.0 Å². The highest BCUT2D eigenvalue weighted by atomic mass is 19.1. The number of pyridine rings is 2. The summed E-state index contributed by atoms with van der Waals surface area (Å²) in [5, 5.41) is 3.57. The van der Waals surface area contributed by atoms with Gasteiger partial charge in [0.2, 0.25) is 0 Å². The highest BCUT2D eigenvalue weighted by Crippen LogP contribution is 2.15. The molecule has 0 fully saturated rings. The number of carbonyl (C=O) groups excluding carboxylic acids is 1. The molecule has 2 heterocycles. The summed E-state index contributed by atoms with van der Waals surface area (Å²) < 4.78 is 14.7. The van der Waals surface area contributed by atoms with Crippen LogP contribution in [0.15, 0.2) is 83.8 Å². The van der Waals surface area contributed by atoms with Crippen molar-refractivity contribution in [1.29, 1.82) is 0 Å². The molecule has 2 aromatic heterocycles. The predicted molar refractivity (Wildman–Crippen MR) is 114 cm³/mol. The minimum absolute atomic E-state index is 0.0420. The lowest BCUT2D eigenvalue weighted by atomic mass is 10.1. The second-order valence-corrected chi connectivity index (χ2v) is 7.10. The second-order valence-electron chi connectivity index (χ2n) is 7.10. The van der Waals surface area contributed by atoms with Crippen molar-refractivity contribution < 1.29 is 9.18 Å². The first kappa shape index (κ1) is 19.5. The van der Waals surface area contributed by atoms with Crippen LogP contribution in [0, 0.1) is 5.82 Å². The van der Waals surface area contributed by atoms with Crippen LogP contribution >= 0.6 is 0 Å². The fourth-order valence-electron chi connectivity index (χ4n) is 3.39. The van der Waals surface area contributed by atoms with Gasteiger partial charge in [-0.3, -0.25) is 14.2 Å². The van der Waals surface area contributed by atoms with Gasteiger partial charge in [0, 0.05) is 11.6 Å². The molecule has 1 unspecified atom stereocenters. The summed E-state index contributed by atoms with van der Waals surface area (Å²) in [6.07, 6.45) is 1.60. The van der Waals surface area contributed by atoms with Gasteiger partial charge >= 0.3 is 0 Å². The molecule has 4 rings (SSSR count). The Hall–Kier alpha value is -3.80. The molecular formula is C24H20FN3O2. The molecule has 0 saturated heterocycles. The van der Waals surface area contributed by atoms with E-state index in [9.17, 15) is 14.0 Å². The molecule has 2 aromatic carbocycles. The van der Waals surface area contributed by atoms with Gasteiger partial charge in [-0.1, -0.05) is 42.5 Å². The molecule has 1 N–H and O–H groups in total. The molecule has 150 valence electrons. The molecule has 4 aromatic rings. The molecule has 0 bridgehead atoms. The zero-order valence-corrected chi connectivity index (χ0v) is 16.4.